The molecule has 0 bridgehead atoms. The number of carbonyl (C=O) groups is 2. The molecule has 4 aromatic rings. The normalized spacial score (nSPS) is 17.2. The molecule has 1 unspecified atom stereocenters. The van der Waals surface area contributed by atoms with Crippen LogP contribution in [0.4, 0.5) is 0 Å². The van der Waals surface area contributed by atoms with Crippen molar-refractivity contribution < 1.29 is 14.3 Å². The van der Waals surface area contributed by atoms with Crippen LogP contribution in [0, 0.1) is 5.92 Å². The number of hydrogen-bond acceptors (Lipinski definition) is 5. The van der Waals surface area contributed by atoms with E-state index in [1.165, 1.54) is 0 Å². The van der Waals surface area contributed by atoms with E-state index in [1.54, 1.807) is 6.07 Å². The first kappa shape index (κ1) is 24.6. The van der Waals surface area contributed by atoms with E-state index in [9.17, 15) is 9.59 Å². The van der Waals surface area contributed by atoms with Gasteiger partial charge in [0.25, 0.3) is 5.91 Å². The van der Waals surface area contributed by atoms with Gasteiger partial charge in [0.2, 0.25) is 0 Å². The fourth-order valence-electron chi connectivity index (χ4n) is 5.69. The molecule has 8 heteroatoms. The first-order valence-electron chi connectivity index (χ1n) is 12.8. The number of carbonyl (C=O) groups excluding carboxylic acids is 2. The van der Waals surface area contributed by atoms with Gasteiger partial charge in [-0.15, -0.1) is 0 Å². The Labute approximate surface area is 226 Å². The molecule has 1 amide bonds. The summed E-state index contributed by atoms with van der Waals surface area (Å²) in [4.78, 5) is 28.5. The summed E-state index contributed by atoms with van der Waals surface area (Å²) < 4.78 is 6.25. The van der Waals surface area contributed by atoms with Crippen molar-refractivity contribution in [3.63, 3.8) is 0 Å². The van der Waals surface area contributed by atoms with Gasteiger partial charge in [0.05, 0.1) is 29.2 Å². The summed E-state index contributed by atoms with van der Waals surface area (Å²) >= 11 is 6.44. The Hall–Kier alpha value is -3.68. The summed E-state index contributed by atoms with van der Waals surface area (Å²) in [5.41, 5.74) is 3.86. The fourth-order valence-corrected chi connectivity index (χ4v) is 5.94. The van der Waals surface area contributed by atoms with Crippen LogP contribution in [0.2, 0.25) is 5.02 Å². The van der Waals surface area contributed by atoms with E-state index < -0.39 is 5.60 Å². The SMILES string of the molecule is CC(C)C(NC(=O)c1ccc2[nH]nc(-c3ccc4c(c3)C(=O)CC3(CN(C)C3)O4)c2c1)c1ccccc1Cl. The Morgan fingerprint density at radius 1 is 1.13 bits per heavy atom. The lowest BCUT2D eigenvalue weighted by Gasteiger charge is -2.49. The zero-order valence-corrected chi connectivity index (χ0v) is 22.3. The first-order valence-corrected chi connectivity index (χ1v) is 13.2. The van der Waals surface area contributed by atoms with Crippen LogP contribution in [0.5, 0.6) is 5.75 Å². The Balaban J connectivity index is 1.30. The molecule has 1 atom stereocenters. The molecular formula is C30H29ClN4O3. The zero-order valence-electron chi connectivity index (χ0n) is 21.5. The highest BCUT2D eigenvalue weighted by Gasteiger charge is 2.48. The molecule has 1 spiro atoms. The third-order valence-corrected chi connectivity index (χ3v) is 7.84. The second kappa shape index (κ2) is 9.26. The van der Waals surface area contributed by atoms with Crippen molar-refractivity contribution in [1.82, 2.24) is 20.4 Å². The molecule has 3 aromatic carbocycles. The molecule has 194 valence electrons. The topological polar surface area (TPSA) is 87.3 Å². The van der Waals surface area contributed by atoms with Crippen molar-refractivity contribution in [3.8, 4) is 17.0 Å². The van der Waals surface area contributed by atoms with Gasteiger partial charge in [0, 0.05) is 34.6 Å². The molecule has 2 aliphatic heterocycles. The molecule has 3 heterocycles. The number of likely N-dealkylation sites (tertiary alicyclic amines) is 1. The average Bonchev–Trinajstić information content (AvgIpc) is 3.30. The van der Waals surface area contributed by atoms with E-state index in [4.69, 9.17) is 16.3 Å². The Kier molecular flexibility index (Phi) is 6.00. The summed E-state index contributed by atoms with van der Waals surface area (Å²) in [6.45, 7) is 5.61. The van der Waals surface area contributed by atoms with Gasteiger partial charge in [-0.05, 0) is 61.0 Å². The summed E-state index contributed by atoms with van der Waals surface area (Å²) in [7, 11) is 2.02. The van der Waals surface area contributed by atoms with E-state index in [2.05, 4.69) is 34.3 Å². The van der Waals surface area contributed by atoms with E-state index in [0.29, 0.717) is 34.0 Å². The number of likely N-dealkylation sites (N-methyl/N-ethyl adjacent to an activating group) is 1. The van der Waals surface area contributed by atoms with E-state index >= 15 is 0 Å². The van der Waals surface area contributed by atoms with E-state index in [0.717, 1.165) is 35.1 Å². The number of fused-ring (bicyclic) bond motifs is 2. The molecule has 1 aromatic heterocycles. The standard InChI is InChI=1S/C30H29ClN4O3/c1-17(2)27(20-6-4-5-7-23(20)31)32-29(37)19-8-10-24-21(13-19)28(34-33-24)18-9-11-26-22(12-18)25(36)14-30(38-26)15-35(3)16-30/h4-13,17,27H,14-16H2,1-3H3,(H,32,37)(H,33,34). The molecular weight excluding hydrogens is 500 g/mol. The van der Waals surface area contributed by atoms with Gasteiger partial charge in [-0.25, -0.2) is 0 Å². The maximum atomic E-state index is 13.4. The average molecular weight is 529 g/mol. The van der Waals surface area contributed by atoms with Crippen LogP contribution < -0.4 is 10.1 Å². The number of benzene rings is 3. The maximum Gasteiger partial charge on any atom is 0.251 e. The molecule has 38 heavy (non-hydrogen) atoms. The fraction of sp³-hybridized carbons (Fsp3) is 0.300. The third kappa shape index (κ3) is 4.25. The minimum absolute atomic E-state index is 0.0837. The summed E-state index contributed by atoms with van der Waals surface area (Å²) in [6, 6.07) is 18.4. The number of Topliss-reactive ketones (excluding diaryl/α,β-unsaturated/α-hetero) is 1. The van der Waals surface area contributed by atoms with Crippen LogP contribution in [0.3, 0.4) is 0 Å². The minimum Gasteiger partial charge on any atom is -0.483 e. The summed E-state index contributed by atoms with van der Waals surface area (Å²) in [5, 5.41) is 12.2. The van der Waals surface area contributed by atoms with Crippen molar-refractivity contribution in [3.05, 3.63) is 82.4 Å². The largest absolute Gasteiger partial charge is 0.483 e. The van der Waals surface area contributed by atoms with Gasteiger partial charge in [-0.3, -0.25) is 19.6 Å². The van der Waals surface area contributed by atoms with Gasteiger partial charge in [-0.1, -0.05) is 43.6 Å². The van der Waals surface area contributed by atoms with Crippen LogP contribution >= 0.6 is 11.6 Å². The lowest BCUT2D eigenvalue weighted by atomic mass is 9.83. The van der Waals surface area contributed by atoms with Gasteiger partial charge < -0.3 is 10.1 Å². The quantitative estimate of drug-likeness (QED) is 0.349. The van der Waals surface area contributed by atoms with Crippen molar-refractivity contribution in [1.29, 1.82) is 0 Å². The van der Waals surface area contributed by atoms with Crippen molar-refractivity contribution in [2.75, 3.05) is 20.1 Å². The smallest absolute Gasteiger partial charge is 0.251 e. The Bertz CT molecular complexity index is 1570. The summed E-state index contributed by atoms with van der Waals surface area (Å²) in [5.74, 6) is 0.655. The first-order chi connectivity index (χ1) is 18.2. The third-order valence-electron chi connectivity index (χ3n) is 7.50. The molecule has 2 aliphatic rings. The monoisotopic (exact) mass is 528 g/mol. The number of nitrogens with one attached hydrogen (secondary N) is 2. The van der Waals surface area contributed by atoms with Crippen molar-refractivity contribution in [2.24, 2.45) is 5.92 Å². The van der Waals surface area contributed by atoms with Crippen molar-refractivity contribution >= 4 is 34.2 Å². The molecule has 2 N–H and O–H groups in total. The molecule has 0 aliphatic carbocycles. The highest BCUT2D eigenvalue weighted by atomic mass is 35.5. The molecule has 0 saturated carbocycles. The highest BCUT2D eigenvalue weighted by molar-refractivity contribution is 6.31. The highest BCUT2D eigenvalue weighted by Crippen LogP contribution is 2.40. The Morgan fingerprint density at radius 3 is 2.66 bits per heavy atom. The number of ether oxygens (including phenoxy) is 1. The van der Waals surface area contributed by atoms with E-state index in [-0.39, 0.29) is 23.7 Å². The summed E-state index contributed by atoms with van der Waals surface area (Å²) in [6.07, 6.45) is 0.377. The number of ketones is 1. The number of halogens is 1. The number of hydrogen-bond donors (Lipinski definition) is 2. The number of rotatable bonds is 5. The van der Waals surface area contributed by atoms with Crippen LogP contribution in [0.15, 0.2) is 60.7 Å². The number of H-pyrrole nitrogens is 1. The van der Waals surface area contributed by atoms with Gasteiger partial charge in [0.15, 0.2) is 5.78 Å². The van der Waals surface area contributed by atoms with Gasteiger partial charge in [0.1, 0.15) is 11.4 Å². The van der Waals surface area contributed by atoms with Crippen LogP contribution in [-0.4, -0.2) is 52.5 Å². The molecule has 0 radical (unpaired) electrons. The van der Waals surface area contributed by atoms with Crippen molar-refractivity contribution in [2.45, 2.75) is 31.9 Å². The van der Waals surface area contributed by atoms with Crippen LogP contribution in [0.1, 0.15) is 52.6 Å². The number of aromatic amines is 1. The Morgan fingerprint density at radius 2 is 1.92 bits per heavy atom. The second-order valence-electron chi connectivity index (χ2n) is 10.8. The molecule has 1 fully saturated rings. The second-order valence-corrected chi connectivity index (χ2v) is 11.2. The van der Waals surface area contributed by atoms with Crippen LogP contribution in [0.25, 0.3) is 22.2 Å². The van der Waals surface area contributed by atoms with E-state index in [1.807, 2.05) is 61.6 Å². The van der Waals surface area contributed by atoms with Crippen LogP contribution in [-0.2, 0) is 0 Å². The number of nitrogens with zero attached hydrogens (tertiary/aromatic N) is 2. The molecule has 7 nitrogen and oxygen atoms in total. The minimum atomic E-state index is -0.403. The maximum absolute atomic E-state index is 13.4. The zero-order chi connectivity index (χ0) is 26.6. The lowest BCUT2D eigenvalue weighted by Crippen LogP contribution is -2.65. The lowest BCUT2D eigenvalue weighted by molar-refractivity contribution is -0.0689. The predicted molar refractivity (Wildman–Crippen MR) is 148 cm³/mol. The molecule has 1 saturated heterocycles. The number of amides is 1. The molecule has 6 rings (SSSR count). The predicted octanol–water partition coefficient (Wildman–Crippen LogP) is 5.66. The number of aromatic nitrogens is 2. The van der Waals surface area contributed by atoms with Gasteiger partial charge in [-0.2, -0.15) is 5.10 Å². The van der Waals surface area contributed by atoms with Gasteiger partial charge >= 0.3 is 0 Å².